The molecule has 0 bridgehead atoms. The highest BCUT2D eigenvalue weighted by molar-refractivity contribution is 6.07. The van der Waals surface area contributed by atoms with Crippen molar-refractivity contribution >= 4 is 23.3 Å². The number of amides is 2. The van der Waals surface area contributed by atoms with E-state index in [9.17, 15) is 9.59 Å². The van der Waals surface area contributed by atoms with E-state index in [0.29, 0.717) is 17.7 Å². The molecule has 2 N–H and O–H groups in total. The molecule has 0 aliphatic carbocycles. The van der Waals surface area contributed by atoms with E-state index in [1.807, 2.05) is 24.3 Å². The van der Waals surface area contributed by atoms with Crippen molar-refractivity contribution in [3.63, 3.8) is 0 Å². The van der Waals surface area contributed by atoms with Crippen LogP contribution in [0, 0.1) is 0 Å². The van der Waals surface area contributed by atoms with Gasteiger partial charge < -0.3 is 15.5 Å². The number of likely N-dealkylation sites (N-methyl/N-ethyl adjacent to an activating group) is 1. The number of nitrogens with zero attached hydrogens (tertiary/aromatic N) is 2. The fraction of sp³-hybridized carbons (Fsp3) is 0.316. The van der Waals surface area contributed by atoms with Crippen LogP contribution >= 0.6 is 0 Å². The van der Waals surface area contributed by atoms with Crippen molar-refractivity contribution in [2.75, 3.05) is 30.4 Å². The topological polar surface area (TPSA) is 74.3 Å². The number of carbonyl (C=O) groups is 2. The van der Waals surface area contributed by atoms with Crippen LogP contribution in [0.3, 0.4) is 0 Å². The van der Waals surface area contributed by atoms with Crippen molar-refractivity contribution in [2.45, 2.75) is 19.3 Å². The van der Waals surface area contributed by atoms with E-state index in [4.69, 9.17) is 0 Å². The number of hydrogen-bond donors (Lipinski definition) is 2. The number of aromatic nitrogens is 1. The van der Waals surface area contributed by atoms with Crippen LogP contribution < -0.4 is 15.5 Å². The maximum atomic E-state index is 12.7. The Kier molecular flexibility index (Phi) is 5.28. The van der Waals surface area contributed by atoms with E-state index in [0.717, 1.165) is 37.3 Å². The van der Waals surface area contributed by atoms with Crippen LogP contribution in [0.25, 0.3) is 0 Å². The summed E-state index contributed by atoms with van der Waals surface area (Å²) in [5.74, 6) is 0.533. The number of hydrogen-bond acceptors (Lipinski definition) is 4. The largest absolute Gasteiger partial charge is 0.359 e. The predicted molar refractivity (Wildman–Crippen MR) is 97.8 cm³/mol. The van der Waals surface area contributed by atoms with Crippen LogP contribution in [0.2, 0.25) is 0 Å². The van der Waals surface area contributed by atoms with E-state index in [1.54, 1.807) is 25.4 Å². The molecule has 0 spiro atoms. The molecule has 0 atom stereocenters. The Morgan fingerprint density at radius 3 is 2.52 bits per heavy atom. The quantitative estimate of drug-likeness (QED) is 0.877. The number of rotatable bonds is 5. The van der Waals surface area contributed by atoms with Crippen LogP contribution in [0.4, 0.5) is 11.5 Å². The van der Waals surface area contributed by atoms with Gasteiger partial charge >= 0.3 is 0 Å². The van der Waals surface area contributed by atoms with Gasteiger partial charge in [0.05, 0.1) is 12.0 Å². The molecule has 25 heavy (non-hydrogen) atoms. The molecule has 0 unspecified atom stereocenters. The molecule has 1 aliphatic heterocycles. The SMILES string of the molecule is CNC(=O)Cc1ccc(NC(=O)c2cccnc2N2CCCC2)cc1. The van der Waals surface area contributed by atoms with Gasteiger partial charge in [0.2, 0.25) is 5.91 Å². The summed E-state index contributed by atoms with van der Waals surface area (Å²) < 4.78 is 0. The molecule has 1 fully saturated rings. The Labute approximate surface area is 147 Å². The zero-order valence-corrected chi connectivity index (χ0v) is 14.3. The van der Waals surface area contributed by atoms with Gasteiger partial charge in [0.25, 0.3) is 5.91 Å². The summed E-state index contributed by atoms with van der Waals surface area (Å²) in [7, 11) is 1.61. The van der Waals surface area contributed by atoms with Gasteiger partial charge in [-0.25, -0.2) is 4.98 Å². The van der Waals surface area contributed by atoms with Crippen LogP contribution in [0.5, 0.6) is 0 Å². The third kappa shape index (κ3) is 4.15. The first kappa shape index (κ1) is 17.0. The molecular formula is C19H22N4O2. The molecular weight excluding hydrogens is 316 g/mol. The number of anilines is 2. The van der Waals surface area contributed by atoms with Gasteiger partial charge in [-0.15, -0.1) is 0 Å². The van der Waals surface area contributed by atoms with Crippen molar-refractivity contribution in [2.24, 2.45) is 0 Å². The zero-order valence-electron chi connectivity index (χ0n) is 14.3. The van der Waals surface area contributed by atoms with Gasteiger partial charge in [-0.2, -0.15) is 0 Å². The van der Waals surface area contributed by atoms with E-state index >= 15 is 0 Å². The third-order valence-electron chi connectivity index (χ3n) is 4.29. The highest BCUT2D eigenvalue weighted by Gasteiger charge is 2.20. The lowest BCUT2D eigenvalue weighted by Gasteiger charge is -2.19. The van der Waals surface area contributed by atoms with Gasteiger partial charge in [0, 0.05) is 32.0 Å². The first-order valence-corrected chi connectivity index (χ1v) is 8.48. The number of nitrogens with one attached hydrogen (secondary N) is 2. The first-order chi connectivity index (χ1) is 12.2. The first-order valence-electron chi connectivity index (χ1n) is 8.48. The molecule has 6 nitrogen and oxygen atoms in total. The normalized spacial score (nSPS) is 13.6. The molecule has 6 heteroatoms. The Balaban J connectivity index is 1.71. The van der Waals surface area contributed by atoms with E-state index in [1.165, 1.54) is 0 Å². The maximum absolute atomic E-state index is 12.7. The highest BCUT2D eigenvalue weighted by Crippen LogP contribution is 2.23. The average molecular weight is 338 g/mol. The summed E-state index contributed by atoms with van der Waals surface area (Å²) in [6.45, 7) is 1.87. The smallest absolute Gasteiger partial charge is 0.259 e. The van der Waals surface area contributed by atoms with E-state index < -0.39 is 0 Å². The second kappa shape index (κ2) is 7.79. The van der Waals surface area contributed by atoms with Crippen LogP contribution in [0.1, 0.15) is 28.8 Å². The van der Waals surface area contributed by atoms with E-state index in [-0.39, 0.29) is 11.8 Å². The van der Waals surface area contributed by atoms with Crippen molar-refractivity contribution < 1.29 is 9.59 Å². The fourth-order valence-corrected chi connectivity index (χ4v) is 2.93. The van der Waals surface area contributed by atoms with Crippen molar-refractivity contribution in [1.29, 1.82) is 0 Å². The molecule has 1 aromatic carbocycles. The Bertz CT molecular complexity index is 752. The molecule has 1 saturated heterocycles. The summed E-state index contributed by atoms with van der Waals surface area (Å²) in [6, 6.07) is 10.9. The lowest BCUT2D eigenvalue weighted by atomic mass is 10.1. The lowest BCUT2D eigenvalue weighted by molar-refractivity contribution is -0.119. The molecule has 3 rings (SSSR count). The molecule has 2 amide bonds. The van der Waals surface area contributed by atoms with Crippen molar-refractivity contribution in [3.8, 4) is 0 Å². The third-order valence-corrected chi connectivity index (χ3v) is 4.29. The minimum Gasteiger partial charge on any atom is -0.359 e. The highest BCUT2D eigenvalue weighted by atomic mass is 16.2. The predicted octanol–water partition coefficient (Wildman–Crippen LogP) is 2.22. The van der Waals surface area contributed by atoms with Gasteiger partial charge in [-0.05, 0) is 42.7 Å². The molecule has 130 valence electrons. The summed E-state index contributed by atoms with van der Waals surface area (Å²) >= 11 is 0. The fourth-order valence-electron chi connectivity index (χ4n) is 2.93. The Morgan fingerprint density at radius 1 is 1.12 bits per heavy atom. The van der Waals surface area contributed by atoms with E-state index in [2.05, 4.69) is 20.5 Å². The summed E-state index contributed by atoms with van der Waals surface area (Å²) in [6.07, 6.45) is 4.30. The van der Waals surface area contributed by atoms with Crippen LogP contribution in [-0.2, 0) is 11.2 Å². The molecule has 0 saturated carbocycles. The average Bonchev–Trinajstić information content (AvgIpc) is 3.18. The van der Waals surface area contributed by atoms with Gasteiger partial charge in [0.15, 0.2) is 0 Å². The standard InChI is InChI=1S/C19H22N4O2/c1-20-17(24)13-14-6-8-15(9-7-14)22-19(25)16-5-4-10-21-18(16)23-11-2-3-12-23/h4-10H,2-3,11-13H2,1H3,(H,20,24)(H,22,25). The second-order valence-corrected chi connectivity index (χ2v) is 6.07. The minimum atomic E-state index is -0.172. The summed E-state index contributed by atoms with van der Waals surface area (Å²) in [5.41, 5.74) is 2.18. The Morgan fingerprint density at radius 2 is 1.84 bits per heavy atom. The number of benzene rings is 1. The second-order valence-electron chi connectivity index (χ2n) is 6.07. The van der Waals surface area contributed by atoms with Crippen molar-refractivity contribution in [1.82, 2.24) is 10.3 Å². The monoisotopic (exact) mass is 338 g/mol. The summed E-state index contributed by atoms with van der Waals surface area (Å²) in [4.78, 5) is 30.6. The molecule has 2 heterocycles. The Hall–Kier alpha value is -2.89. The number of pyridine rings is 1. The van der Waals surface area contributed by atoms with Crippen LogP contribution in [-0.4, -0.2) is 36.9 Å². The molecule has 0 radical (unpaired) electrons. The molecule has 1 aliphatic rings. The van der Waals surface area contributed by atoms with Gasteiger partial charge in [-0.1, -0.05) is 12.1 Å². The molecule has 1 aromatic heterocycles. The van der Waals surface area contributed by atoms with Crippen LogP contribution in [0.15, 0.2) is 42.6 Å². The number of carbonyl (C=O) groups excluding carboxylic acids is 2. The lowest BCUT2D eigenvalue weighted by Crippen LogP contribution is -2.24. The zero-order chi connectivity index (χ0) is 17.6. The van der Waals surface area contributed by atoms with Gasteiger partial charge in [-0.3, -0.25) is 9.59 Å². The minimum absolute atomic E-state index is 0.0394. The van der Waals surface area contributed by atoms with Crippen molar-refractivity contribution in [3.05, 3.63) is 53.7 Å². The molecule has 2 aromatic rings. The maximum Gasteiger partial charge on any atom is 0.259 e. The summed E-state index contributed by atoms with van der Waals surface area (Å²) in [5, 5.41) is 5.50. The van der Waals surface area contributed by atoms with Gasteiger partial charge in [0.1, 0.15) is 5.82 Å².